The van der Waals surface area contributed by atoms with E-state index in [9.17, 15) is 0 Å². The predicted molar refractivity (Wildman–Crippen MR) is 67.2 cm³/mol. The van der Waals surface area contributed by atoms with Gasteiger partial charge < -0.3 is 10.1 Å². The van der Waals surface area contributed by atoms with Crippen molar-refractivity contribution in [3.8, 4) is 0 Å². The van der Waals surface area contributed by atoms with E-state index in [1.54, 1.807) is 0 Å². The van der Waals surface area contributed by atoms with Crippen LogP contribution in [0, 0.1) is 11.8 Å². The quantitative estimate of drug-likeness (QED) is 0.672. The molecule has 92 valence electrons. The van der Waals surface area contributed by atoms with Gasteiger partial charge in [-0.25, -0.2) is 0 Å². The highest BCUT2D eigenvalue weighted by Gasteiger charge is 2.13. The van der Waals surface area contributed by atoms with Crippen LogP contribution in [0.1, 0.15) is 48.0 Å². The summed E-state index contributed by atoms with van der Waals surface area (Å²) < 4.78 is 5.98. The average molecular weight is 215 g/mol. The van der Waals surface area contributed by atoms with Crippen molar-refractivity contribution in [2.75, 3.05) is 13.1 Å². The molecule has 0 saturated carbocycles. The summed E-state index contributed by atoms with van der Waals surface area (Å²) in [7, 11) is 0. The number of hydrogen-bond donors (Lipinski definition) is 1. The Labute approximate surface area is 95.8 Å². The van der Waals surface area contributed by atoms with E-state index in [4.69, 9.17) is 4.74 Å². The first kappa shape index (κ1) is 14.9. The Morgan fingerprint density at radius 2 is 1.60 bits per heavy atom. The zero-order chi connectivity index (χ0) is 11.8. The second-order valence-electron chi connectivity index (χ2n) is 5.17. The van der Waals surface area contributed by atoms with Gasteiger partial charge in [-0.05, 0) is 31.7 Å². The molecule has 0 aliphatic heterocycles. The fraction of sp³-hybridized carbons (Fsp3) is 1.00. The summed E-state index contributed by atoms with van der Waals surface area (Å²) in [5, 5.41) is 3.46. The minimum absolute atomic E-state index is 0.357. The standard InChI is InChI=1S/C13H29NO/c1-7-13(9-14-8-10(2)3)15-12(6)11(4)5/h10-14H,7-9H2,1-6H3. The van der Waals surface area contributed by atoms with E-state index >= 15 is 0 Å². The lowest BCUT2D eigenvalue weighted by atomic mass is 10.1. The molecular weight excluding hydrogens is 186 g/mol. The predicted octanol–water partition coefficient (Wildman–Crippen LogP) is 3.07. The second kappa shape index (κ2) is 8.12. The van der Waals surface area contributed by atoms with Gasteiger partial charge in [0.05, 0.1) is 12.2 Å². The third-order valence-corrected chi connectivity index (χ3v) is 2.73. The van der Waals surface area contributed by atoms with Gasteiger partial charge >= 0.3 is 0 Å². The maximum Gasteiger partial charge on any atom is 0.0700 e. The third-order valence-electron chi connectivity index (χ3n) is 2.73. The maximum atomic E-state index is 5.98. The van der Waals surface area contributed by atoms with Crippen LogP contribution in [0.2, 0.25) is 0 Å². The molecule has 0 aromatic heterocycles. The highest BCUT2D eigenvalue weighted by atomic mass is 16.5. The minimum Gasteiger partial charge on any atom is -0.374 e. The van der Waals surface area contributed by atoms with Gasteiger partial charge in [0.15, 0.2) is 0 Å². The number of ether oxygens (including phenoxy) is 1. The molecule has 2 unspecified atom stereocenters. The third kappa shape index (κ3) is 7.80. The van der Waals surface area contributed by atoms with Crippen LogP contribution in [-0.2, 0) is 4.74 Å². The summed E-state index contributed by atoms with van der Waals surface area (Å²) in [4.78, 5) is 0. The normalized spacial score (nSPS) is 16.0. The van der Waals surface area contributed by atoms with E-state index in [2.05, 4.69) is 46.9 Å². The molecular formula is C13H29NO. The monoisotopic (exact) mass is 215 g/mol. The molecule has 0 radical (unpaired) electrons. The molecule has 0 saturated heterocycles. The summed E-state index contributed by atoms with van der Waals surface area (Å²) in [5.41, 5.74) is 0. The van der Waals surface area contributed by atoms with Crippen LogP contribution in [0.5, 0.6) is 0 Å². The van der Waals surface area contributed by atoms with Crippen LogP contribution in [0.15, 0.2) is 0 Å². The number of hydrogen-bond acceptors (Lipinski definition) is 2. The van der Waals surface area contributed by atoms with Crippen LogP contribution in [0.25, 0.3) is 0 Å². The Morgan fingerprint density at radius 1 is 1.00 bits per heavy atom. The zero-order valence-electron chi connectivity index (χ0n) is 11.3. The summed E-state index contributed by atoms with van der Waals surface area (Å²) in [6.07, 6.45) is 1.80. The molecule has 0 fully saturated rings. The van der Waals surface area contributed by atoms with Gasteiger partial charge in [0.1, 0.15) is 0 Å². The van der Waals surface area contributed by atoms with E-state index in [0.29, 0.717) is 24.0 Å². The molecule has 0 aliphatic rings. The summed E-state index contributed by atoms with van der Waals surface area (Å²) in [6, 6.07) is 0. The van der Waals surface area contributed by atoms with Crippen molar-refractivity contribution in [1.82, 2.24) is 5.32 Å². The first-order valence-corrected chi connectivity index (χ1v) is 6.33. The lowest BCUT2D eigenvalue weighted by Gasteiger charge is -2.24. The SMILES string of the molecule is CCC(CNCC(C)C)OC(C)C(C)C. The van der Waals surface area contributed by atoms with Gasteiger partial charge in [-0.2, -0.15) is 0 Å². The molecule has 2 nitrogen and oxygen atoms in total. The average Bonchev–Trinajstić information content (AvgIpc) is 2.15. The Morgan fingerprint density at radius 3 is 2.00 bits per heavy atom. The minimum atomic E-state index is 0.357. The van der Waals surface area contributed by atoms with Crippen LogP contribution in [0.4, 0.5) is 0 Å². The van der Waals surface area contributed by atoms with Crippen molar-refractivity contribution in [3.63, 3.8) is 0 Å². The highest BCUT2D eigenvalue weighted by molar-refractivity contribution is 4.65. The molecule has 0 bridgehead atoms. The molecule has 0 aromatic carbocycles. The van der Waals surface area contributed by atoms with E-state index in [1.807, 2.05) is 0 Å². The molecule has 0 spiro atoms. The lowest BCUT2D eigenvalue weighted by molar-refractivity contribution is -0.0258. The fourth-order valence-corrected chi connectivity index (χ4v) is 1.28. The van der Waals surface area contributed by atoms with Crippen molar-refractivity contribution in [2.24, 2.45) is 11.8 Å². The summed E-state index contributed by atoms with van der Waals surface area (Å²) in [5.74, 6) is 1.31. The van der Waals surface area contributed by atoms with Crippen molar-refractivity contribution >= 4 is 0 Å². The molecule has 1 N–H and O–H groups in total. The lowest BCUT2D eigenvalue weighted by Crippen LogP contribution is -2.34. The summed E-state index contributed by atoms with van der Waals surface area (Å²) >= 11 is 0. The van der Waals surface area contributed by atoms with Crippen molar-refractivity contribution in [2.45, 2.75) is 60.2 Å². The Hall–Kier alpha value is -0.0800. The van der Waals surface area contributed by atoms with Gasteiger partial charge in [0, 0.05) is 6.54 Å². The molecule has 0 amide bonds. The first-order valence-electron chi connectivity index (χ1n) is 6.33. The van der Waals surface area contributed by atoms with Gasteiger partial charge in [0.25, 0.3) is 0 Å². The van der Waals surface area contributed by atoms with Crippen molar-refractivity contribution in [3.05, 3.63) is 0 Å². The van der Waals surface area contributed by atoms with E-state index in [-0.39, 0.29) is 0 Å². The molecule has 0 heterocycles. The van der Waals surface area contributed by atoms with Gasteiger partial charge in [-0.3, -0.25) is 0 Å². The van der Waals surface area contributed by atoms with Crippen LogP contribution in [-0.4, -0.2) is 25.3 Å². The second-order valence-corrected chi connectivity index (χ2v) is 5.17. The molecule has 0 rings (SSSR count). The van der Waals surface area contributed by atoms with Crippen LogP contribution in [0.3, 0.4) is 0 Å². The van der Waals surface area contributed by atoms with E-state index in [0.717, 1.165) is 19.5 Å². The Kier molecular flexibility index (Phi) is 8.07. The zero-order valence-corrected chi connectivity index (χ0v) is 11.3. The number of rotatable bonds is 8. The van der Waals surface area contributed by atoms with Crippen LogP contribution < -0.4 is 5.32 Å². The van der Waals surface area contributed by atoms with Crippen molar-refractivity contribution in [1.29, 1.82) is 0 Å². The van der Waals surface area contributed by atoms with Crippen molar-refractivity contribution < 1.29 is 4.74 Å². The van der Waals surface area contributed by atoms with Gasteiger partial charge in [0.2, 0.25) is 0 Å². The van der Waals surface area contributed by atoms with E-state index < -0.39 is 0 Å². The molecule has 15 heavy (non-hydrogen) atoms. The maximum absolute atomic E-state index is 5.98. The molecule has 0 aliphatic carbocycles. The Bertz CT molecular complexity index is 145. The first-order chi connectivity index (χ1) is 6.97. The summed E-state index contributed by atoms with van der Waals surface area (Å²) in [6.45, 7) is 15.3. The molecule has 2 heteroatoms. The van der Waals surface area contributed by atoms with Gasteiger partial charge in [-0.15, -0.1) is 0 Å². The largest absolute Gasteiger partial charge is 0.374 e. The van der Waals surface area contributed by atoms with E-state index in [1.165, 1.54) is 0 Å². The smallest absolute Gasteiger partial charge is 0.0700 e. The topological polar surface area (TPSA) is 21.3 Å². The van der Waals surface area contributed by atoms with Gasteiger partial charge in [-0.1, -0.05) is 34.6 Å². The molecule has 2 atom stereocenters. The fourth-order valence-electron chi connectivity index (χ4n) is 1.28. The molecule has 0 aromatic rings. The highest BCUT2D eigenvalue weighted by Crippen LogP contribution is 2.10. The Balaban J connectivity index is 3.72. The van der Waals surface area contributed by atoms with Crippen LogP contribution >= 0.6 is 0 Å². The number of nitrogens with one attached hydrogen (secondary N) is 1.